The van der Waals surface area contributed by atoms with E-state index in [2.05, 4.69) is 0 Å². The molecule has 186 valence electrons. The molecule has 0 bridgehead atoms. The zero-order valence-corrected chi connectivity index (χ0v) is 20.2. The van der Waals surface area contributed by atoms with E-state index in [1.54, 1.807) is 24.3 Å². The Balaban J connectivity index is 1.58. The average molecular weight is 517 g/mol. The first-order valence-corrected chi connectivity index (χ1v) is 12.8. The van der Waals surface area contributed by atoms with E-state index in [-0.39, 0.29) is 16.7 Å². The summed E-state index contributed by atoms with van der Waals surface area (Å²) in [5.74, 6) is 0.382. The third kappa shape index (κ3) is 5.61. The van der Waals surface area contributed by atoms with Crippen molar-refractivity contribution in [2.75, 3.05) is 0 Å². The Morgan fingerprint density at radius 1 is 0.838 bits per heavy atom. The van der Waals surface area contributed by atoms with Gasteiger partial charge in [0.05, 0.1) is 10.3 Å². The summed E-state index contributed by atoms with van der Waals surface area (Å²) < 4.78 is 57.5. The molecule has 1 heterocycles. The van der Waals surface area contributed by atoms with Crippen molar-refractivity contribution in [1.29, 1.82) is 0 Å². The molecule has 5 rings (SSSR count). The number of fused-ring (bicyclic) bond motifs is 1. The van der Waals surface area contributed by atoms with Crippen LogP contribution in [0.3, 0.4) is 0 Å². The summed E-state index contributed by atoms with van der Waals surface area (Å²) in [6.07, 6.45) is 0.283. The molecule has 0 amide bonds. The van der Waals surface area contributed by atoms with Gasteiger partial charge in [0.25, 0.3) is 10.1 Å². The van der Waals surface area contributed by atoms with Crippen LogP contribution < -0.4 is 10.2 Å². The van der Waals surface area contributed by atoms with Crippen molar-refractivity contribution in [3.05, 3.63) is 130 Å². The monoisotopic (exact) mass is 516 g/mol. The summed E-state index contributed by atoms with van der Waals surface area (Å²) in [5, 5.41) is 0.358. The lowest BCUT2D eigenvalue weighted by Gasteiger charge is -2.13. The molecule has 4 aromatic carbocycles. The minimum absolute atomic E-state index is 0.218. The highest BCUT2D eigenvalue weighted by Gasteiger charge is 2.15. The van der Waals surface area contributed by atoms with Crippen molar-refractivity contribution in [3.63, 3.8) is 0 Å². The van der Waals surface area contributed by atoms with E-state index in [0.717, 1.165) is 11.1 Å². The molecule has 0 aliphatic heterocycles. The Labute approximate surface area is 212 Å². The number of hydrogen-bond acceptors (Lipinski definition) is 5. The van der Waals surface area contributed by atoms with E-state index in [0.29, 0.717) is 40.2 Å². The normalized spacial score (nSPS) is 11.5. The van der Waals surface area contributed by atoms with Gasteiger partial charge in [-0.25, -0.2) is 4.39 Å². The van der Waals surface area contributed by atoms with Gasteiger partial charge in [0.1, 0.15) is 29.5 Å². The Bertz CT molecular complexity index is 1730. The smallest absolute Gasteiger partial charge is 0.294 e. The summed E-state index contributed by atoms with van der Waals surface area (Å²) >= 11 is 0. The number of benzene rings is 4. The van der Waals surface area contributed by atoms with Crippen LogP contribution in [0.2, 0.25) is 0 Å². The van der Waals surface area contributed by atoms with Crippen molar-refractivity contribution in [2.24, 2.45) is 0 Å². The van der Waals surface area contributed by atoms with Crippen LogP contribution in [0, 0.1) is 5.82 Å². The fourth-order valence-electron chi connectivity index (χ4n) is 4.06. The van der Waals surface area contributed by atoms with Crippen LogP contribution >= 0.6 is 0 Å². The van der Waals surface area contributed by atoms with Crippen LogP contribution in [0.5, 0.6) is 5.75 Å². The van der Waals surface area contributed by atoms with Crippen LogP contribution in [-0.4, -0.2) is 13.0 Å². The first-order chi connectivity index (χ1) is 17.8. The third-order valence-corrected chi connectivity index (χ3v) is 6.75. The molecule has 0 aliphatic carbocycles. The number of hydrogen-bond donors (Lipinski definition) is 1. The summed E-state index contributed by atoms with van der Waals surface area (Å²) in [7, 11) is -4.32. The van der Waals surface area contributed by atoms with Crippen LogP contribution in [0.4, 0.5) is 4.39 Å². The van der Waals surface area contributed by atoms with Gasteiger partial charge in [-0.05, 0) is 65.6 Å². The first kappa shape index (κ1) is 24.4. The van der Waals surface area contributed by atoms with E-state index in [1.165, 1.54) is 42.5 Å². The highest BCUT2D eigenvalue weighted by Crippen LogP contribution is 2.30. The molecule has 1 N–H and O–H groups in total. The topological polar surface area (TPSA) is 93.8 Å². The van der Waals surface area contributed by atoms with Gasteiger partial charge in [0.15, 0.2) is 5.43 Å². The number of rotatable bonds is 7. The Morgan fingerprint density at radius 3 is 2.22 bits per heavy atom. The molecule has 37 heavy (non-hydrogen) atoms. The Morgan fingerprint density at radius 2 is 1.54 bits per heavy atom. The second-order valence-electron chi connectivity index (χ2n) is 8.51. The van der Waals surface area contributed by atoms with Crippen molar-refractivity contribution in [3.8, 4) is 17.1 Å². The molecule has 0 fully saturated rings. The molecule has 0 aliphatic rings. The van der Waals surface area contributed by atoms with E-state index < -0.39 is 15.9 Å². The molecule has 8 heteroatoms. The van der Waals surface area contributed by atoms with Crippen LogP contribution in [0.15, 0.2) is 111 Å². The van der Waals surface area contributed by atoms with Crippen LogP contribution in [-0.2, 0) is 23.1 Å². The molecule has 0 saturated heterocycles. The molecule has 0 unspecified atom stereocenters. The van der Waals surface area contributed by atoms with Crippen molar-refractivity contribution in [2.45, 2.75) is 17.9 Å². The number of halogens is 1. The fraction of sp³-hybridized carbons (Fsp3) is 0.0690. The predicted octanol–water partition coefficient (Wildman–Crippen LogP) is 6.02. The van der Waals surface area contributed by atoms with Gasteiger partial charge < -0.3 is 9.15 Å². The molecular weight excluding hydrogens is 495 g/mol. The maximum atomic E-state index is 13.4. The molecule has 5 aromatic rings. The lowest BCUT2D eigenvalue weighted by Crippen LogP contribution is -2.06. The molecular formula is C29H21FO6S. The lowest BCUT2D eigenvalue weighted by molar-refractivity contribution is 0.306. The third-order valence-electron chi connectivity index (χ3n) is 5.88. The van der Waals surface area contributed by atoms with E-state index in [9.17, 15) is 22.2 Å². The van der Waals surface area contributed by atoms with Gasteiger partial charge in [0, 0.05) is 17.7 Å². The van der Waals surface area contributed by atoms with Gasteiger partial charge >= 0.3 is 0 Å². The Kier molecular flexibility index (Phi) is 6.60. The van der Waals surface area contributed by atoms with Gasteiger partial charge in [-0.3, -0.25) is 9.35 Å². The quantitative estimate of drug-likeness (QED) is 0.266. The fourth-order valence-corrected chi connectivity index (χ4v) is 4.54. The minimum Gasteiger partial charge on any atom is -0.489 e. The average Bonchev–Trinajstić information content (AvgIpc) is 2.88. The van der Waals surface area contributed by atoms with Gasteiger partial charge in [-0.15, -0.1) is 0 Å². The van der Waals surface area contributed by atoms with Crippen LogP contribution in [0.1, 0.15) is 16.7 Å². The Hall–Kier alpha value is -4.27. The minimum atomic E-state index is -4.32. The molecule has 0 saturated carbocycles. The molecule has 0 atom stereocenters. The van der Waals surface area contributed by atoms with Gasteiger partial charge in [-0.1, -0.05) is 42.5 Å². The second-order valence-corrected chi connectivity index (χ2v) is 9.93. The van der Waals surface area contributed by atoms with E-state index in [4.69, 9.17) is 9.15 Å². The largest absolute Gasteiger partial charge is 0.489 e. The zero-order valence-electron chi connectivity index (χ0n) is 19.4. The number of ether oxygens (including phenoxy) is 1. The highest BCUT2D eigenvalue weighted by molar-refractivity contribution is 7.85. The van der Waals surface area contributed by atoms with E-state index in [1.807, 2.05) is 30.3 Å². The summed E-state index contributed by atoms with van der Waals surface area (Å²) in [4.78, 5) is 13.0. The summed E-state index contributed by atoms with van der Waals surface area (Å²) in [5.41, 5.74) is 2.89. The maximum Gasteiger partial charge on any atom is 0.294 e. The summed E-state index contributed by atoms with van der Waals surface area (Å²) in [6, 6.07) is 25.8. The predicted molar refractivity (Wildman–Crippen MR) is 138 cm³/mol. The maximum absolute atomic E-state index is 13.4. The highest BCUT2D eigenvalue weighted by atomic mass is 32.2. The van der Waals surface area contributed by atoms with Crippen molar-refractivity contribution >= 4 is 21.1 Å². The van der Waals surface area contributed by atoms with Gasteiger partial charge in [-0.2, -0.15) is 8.42 Å². The molecule has 0 radical (unpaired) electrons. The molecule has 6 nitrogen and oxygen atoms in total. The van der Waals surface area contributed by atoms with Crippen molar-refractivity contribution < 1.29 is 26.5 Å². The van der Waals surface area contributed by atoms with Crippen molar-refractivity contribution in [1.82, 2.24) is 0 Å². The SMILES string of the molecule is O=c1cc(-c2ccc(F)cc2)oc2cc(OCc3ccccc3)cc(Cc3ccc(S(=O)(=O)O)cc3)c12. The summed E-state index contributed by atoms with van der Waals surface area (Å²) in [6.45, 7) is 0.302. The lowest BCUT2D eigenvalue weighted by atomic mass is 9.99. The first-order valence-electron chi connectivity index (χ1n) is 11.4. The molecule has 1 aromatic heterocycles. The molecule has 0 spiro atoms. The van der Waals surface area contributed by atoms with Crippen LogP contribution in [0.25, 0.3) is 22.3 Å². The standard InChI is InChI=1S/C29H21FO6S/c30-23-10-8-21(9-11-23)27-17-26(31)29-22(14-19-6-12-25(13-7-19)37(32,33)34)15-24(16-28(29)36-27)35-18-20-4-2-1-3-5-20/h1-13,15-17H,14,18H2,(H,32,33,34). The van der Waals surface area contributed by atoms with E-state index >= 15 is 0 Å². The zero-order chi connectivity index (χ0) is 26.0. The second kappa shape index (κ2) is 10.0. The van der Waals surface area contributed by atoms with Gasteiger partial charge in [0.2, 0.25) is 0 Å².